The molecule has 0 saturated heterocycles. The van der Waals surface area contributed by atoms with Crippen molar-refractivity contribution in [2.24, 2.45) is 0 Å². The first-order chi connectivity index (χ1) is 10.8. The van der Waals surface area contributed by atoms with Gasteiger partial charge in [0.2, 0.25) is 0 Å². The van der Waals surface area contributed by atoms with Crippen LogP contribution in [0.2, 0.25) is 0 Å². The van der Waals surface area contributed by atoms with Gasteiger partial charge in [-0.25, -0.2) is 0 Å². The van der Waals surface area contributed by atoms with Gasteiger partial charge in [-0.05, 0) is 32.1 Å². The predicted molar refractivity (Wildman–Crippen MR) is 96.1 cm³/mol. The number of carbonyl (C=O) groups is 1. The fraction of sp³-hybridized carbons (Fsp3) is 0.850. The Morgan fingerprint density at radius 1 is 0.727 bits per heavy atom. The number of esters is 1. The molecule has 130 valence electrons. The Morgan fingerprint density at radius 2 is 1.18 bits per heavy atom. The molecule has 0 N–H and O–H groups in total. The topological polar surface area (TPSA) is 26.3 Å². The fourth-order valence-electron chi connectivity index (χ4n) is 2.57. The average Bonchev–Trinajstić information content (AvgIpc) is 2.50. The molecule has 0 aliphatic heterocycles. The molecule has 0 fully saturated rings. The highest BCUT2D eigenvalue weighted by Gasteiger charge is 1.94. The number of hydrogen-bond acceptors (Lipinski definition) is 2. The minimum atomic E-state index is -0.157. The van der Waals surface area contributed by atoms with Gasteiger partial charge in [0.15, 0.2) is 0 Å². The molecule has 0 atom stereocenters. The molecule has 0 spiro atoms. The van der Waals surface area contributed by atoms with Gasteiger partial charge in [0.05, 0.1) is 6.61 Å². The van der Waals surface area contributed by atoms with Crippen molar-refractivity contribution >= 4 is 5.97 Å². The maximum atomic E-state index is 10.6. The van der Waals surface area contributed by atoms with E-state index in [1.807, 2.05) is 0 Å². The van der Waals surface area contributed by atoms with Gasteiger partial charge in [-0.15, -0.1) is 0 Å². The Kier molecular flexibility index (Phi) is 17.6. The van der Waals surface area contributed by atoms with E-state index in [1.54, 1.807) is 0 Å². The molecule has 0 radical (unpaired) electrons. The lowest BCUT2D eigenvalue weighted by Gasteiger charge is -2.02. The van der Waals surface area contributed by atoms with Gasteiger partial charge in [-0.1, -0.05) is 76.9 Å². The molecule has 0 rings (SSSR count). The number of rotatable bonds is 16. The Labute approximate surface area is 138 Å². The highest BCUT2D eigenvalue weighted by Crippen LogP contribution is 2.10. The second-order valence-electron chi connectivity index (χ2n) is 6.28. The van der Waals surface area contributed by atoms with Crippen LogP contribution >= 0.6 is 0 Å². The van der Waals surface area contributed by atoms with Gasteiger partial charge >= 0.3 is 5.97 Å². The van der Waals surface area contributed by atoms with E-state index in [-0.39, 0.29) is 5.97 Å². The first-order valence-electron chi connectivity index (χ1n) is 9.55. The van der Waals surface area contributed by atoms with Crippen molar-refractivity contribution in [1.82, 2.24) is 0 Å². The zero-order chi connectivity index (χ0) is 16.3. The minimum absolute atomic E-state index is 0.157. The smallest absolute Gasteiger partial charge is 0.302 e. The highest BCUT2D eigenvalue weighted by molar-refractivity contribution is 5.65. The summed E-state index contributed by atoms with van der Waals surface area (Å²) in [6.07, 6.45) is 23.0. The quantitative estimate of drug-likeness (QED) is 0.183. The van der Waals surface area contributed by atoms with Crippen molar-refractivity contribution in [2.45, 2.75) is 104 Å². The largest absolute Gasteiger partial charge is 0.466 e. The zero-order valence-corrected chi connectivity index (χ0v) is 15.1. The summed E-state index contributed by atoms with van der Waals surface area (Å²) in [5.41, 5.74) is 0. The summed E-state index contributed by atoms with van der Waals surface area (Å²) in [6, 6.07) is 0. The Balaban J connectivity index is 3.05. The predicted octanol–water partition coefficient (Wildman–Crippen LogP) is 6.59. The maximum Gasteiger partial charge on any atom is 0.302 e. The molecule has 2 heteroatoms. The summed E-state index contributed by atoms with van der Waals surface area (Å²) in [5, 5.41) is 0. The van der Waals surface area contributed by atoms with E-state index in [1.165, 1.54) is 90.4 Å². The van der Waals surface area contributed by atoms with Gasteiger partial charge in [-0.3, -0.25) is 4.79 Å². The molecular weight excluding hydrogens is 272 g/mol. The third-order valence-corrected chi connectivity index (χ3v) is 3.96. The van der Waals surface area contributed by atoms with Crippen LogP contribution in [0.25, 0.3) is 0 Å². The maximum absolute atomic E-state index is 10.6. The molecule has 0 aromatic heterocycles. The number of unbranched alkanes of at least 4 members (excludes halogenated alkanes) is 12. The van der Waals surface area contributed by atoms with Crippen LogP contribution < -0.4 is 0 Å². The van der Waals surface area contributed by atoms with E-state index in [9.17, 15) is 4.79 Å². The van der Waals surface area contributed by atoms with Gasteiger partial charge in [0, 0.05) is 6.92 Å². The molecule has 0 amide bonds. The first kappa shape index (κ1) is 21.2. The number of carbonyl (C=O) groups excluding carboxylic acids is 1. The van der Waals surface area contributed by atoms with Crippen molar-refractivity contribution in [1.29, 1.82) is 0 Å². The summed E-state index contributed by atoms with van der Waals surface area (Å²) in [5.74, 6) is -0.157. The van der Waals surface area contributed by atoms with Crippen LogP contribution in [0.3, 0.4) is 0 Å². The van der Waals surface area contributed by atoms with E-state index in [2.05, 4.69) is 19.1 Å². The Bertz CT molecular complexity index is 258. The summed E-state index contributed by atoms with van der Waals surface area (Å²) >= 11 is 0. The van der Waals surface area contributed by atoms with Gasteiger partial charge < -0.3 is 4.74 Å². The van der Waals surface area contributed by atoms with Crippen LogP contribution in [0, 0.1) is 0 Å². The van der Waals surface area contributed by atoms with E-state index in [0.29, 0.717) is 6.61 Å². The number of hydrogen-bond donors (Lipinski definition) is 0. The molecule has 0 aromatic rings. The van der Waals surface area contributed by atoms with E-state index in [4.69, 9.17) is 4.74 Å². The Morgan fingerprint density at radius 3 is 1.68 bits per heavy atom. The molecule has 0 saturated carbocycles. The number of ether oxygens (including phenoxy) is 1. The van der Waals surface area contributed by atoms with Crippen molar-refractivity contribution in [3.63, 3.8) is 0 Å². The third kappa shape index (κ3) is 19.2. The molecule has 22 heavy (non-hydrogen) atoms. The average molecular weight is 311 g/mol. The van der Waals surface area contributed by atoms with Crippen LogP contribution in [0.5, 0.6) is 0 Å². The van der Waals surface area contributed by atoms with Crippen molar-refractivity contribution in [2.75, 3.05) is 6.61 Å². The van der Waals surface area contributed by atoms with Crippen molar-refractivity contribution in [3.05, 3.63) is 12.2 Å². The van der Waals surface area contributed by atoms with Crippen molar-refractivity contribution in [3.8, 4) is 0 Å². The normalized spacial score (nSPS) is 11.2. The second kappa shape index (κ2) is 18.3. The fourth-order valence-corrected chi connectivity index (χ4v) is 2.57. The van der Waals surface area contributed by atoms with Gasteiger partial charge in [0.1, 0.15) is 0 Å². The van der Waals surface area contributed by atoms with Crippen LogP contribution in [0.4, 0.5) is 0 Å². The monoisotopic (exact) mass is 310 g/mol. The lowest BCUT2D eigenvalue weighted by Crippen LogP contribution is -2.00. The minimum Gasteiger partial charge on any atom is -0.466 e. The molecule has 0 unspecified atom stereocenters. The van der Waals surface area contributed by atoms with Crippen LogP contribution in [-0.2, 0) is 9.53 Å². The van der Waals surface area contributed by atoms with Gasteiger partial charge in [-0.2, -0.15) is 0 Å². The lowest BCUT2D eigenvalue weighted by atomic mass is 10.1. The second-order valence-corrected chi connectivity index (χ2v) is 6.28. The zero-order valence-electron chi connectivity index (χ0n) is 15.1. The van der Waals surface area contributed by atoms with E-state index in [0.717, 1.165) is 6.42 Å². The number of allylic oxidation sites excluding steroid dienone is 2. The summed E-state index contributed by atoms with van der Waals surface area (Å²) in [7, 11) is 0. The molecule has 0 bridgehead atoms. The lowest BCUT2D eigenvalue weighted by molar-refractivity contribution is -0.141. The molecule has 0 aliphatic carbocycles. The Hall–Kier alpha value is -0.790. The summed E-state index contributed by atoms with van der Waals surface area (Å²) in [4.78, 5) is 10.6. The van der Waals surface area contributed by atoms with Crippen molar-refractivity contribution < 1.29 is 9.53 Å². The molecule has 0 heterocycles. The third-order valence-electron chi connectivity index (χ3n) is 3.96. The highest BCUT2D eigenvalue weighted by atomic mass is 16.5. The first-order valence-corrected chi connectivity index (χ1v) is 9.55. The van der Waals surface area contributed by atoms with E-state index < -0.39 is 0 Å². The van der Waals surface area contributed by atoms with Crippen LogP contribution in [0.1, 0.15) is 104 Å². The molecule has 0 aliphatic rings. The van der Waals surface area contributed by atoms with Crippen LogP contribution in [0.15, 0.2) is 12.2 Å². The van der Waals surface area contributed by atoms with Crippen LogP contribution in [-0.4, -0.2) is 12.6 Å². The molecule has 0 aromatic carbocycles. The van der Waals surface area contributed by atoms with Gasteiger partial charge in [0.25, 0.3) is 0 Å². The summed E-state index contributed by atoms with van der Waals surface area (Å²) < 4.78 is 4.92. The summed E-state index contributed by atoms with van der Waals surface area (Å²) in [6.45, 7) is 4.33. The molecular formula is C20H38O2. The van der Waals surface area contributed by atoms with E-state index >= 15 is 0 Å². The standard InChI is InChI=1S/C20H38O2/c1-3-4-5-6-7-8-9-10-11-12-13-14-15-16-17-18-19-22-20(2)21/h8-9H,3-7,10-19H2,1-2H3. The SMILES string of the molecule is CCCCCCC=CCCCCCCCCCCOC(C)=O. The molecule has 2 nitrogen and oxygen atoms in total.